The highest BCUT2D eigenvalue weighted by Crippen LogP contribution is 2.31. The summed E-state index contributed by atoms with van der Waals surface area (Å²) in [4.78, 5) is 5.13. The molecule has 0 spiro atoms. The summed E-state index contributed by atoms with van der Waals surface area (Å²) in [5, 5.41) is 14.4. The lowest BCUT2D eigenvalue weighted by Gasteiger charge is -2.24. The molecule has 0 saturated heterocycles. The molecule has 5 aromatic rings. The molecule has 0 aliphatic rings. The lowest BCUT2D eigenvalue weighted by atomic mass is 9.93. The zero-order valence-corrected chi connectivity index (χ0v) is 23.5. The van der Waals surface area contributed by atoms with Gasteiger partial charge in [0.2, 0.25) is 0 Å². The number of H-pyrrole nitrogens is 1. The summed E-state index contributed by atoms with van der Waals surface area (Å²) < 4.78 is 13.7. The summed E-state index contributed by atoms with van der Waals surface area (Å²) in [7, 11) is 3.38. The second kappa shape index (κ2) is 12.8. The van der Waals surface area contributed by atoms with Gasteiger partial charge >= 0.3 is 0 Å². The molecule has 206 valence electrons. The summed E-state index contributed by atoms with van der Waals surface area (Å²) in [6.45, 7) is 5.19. The number of imidazole rings is 1. The highest BCUT2D eigenvalue weighted by Gasteiger charge is 2.25. The zero-order chi connectivity index (χ0) is 27.9. The number of methoxy groups -OCH3 is 2. The van der Waals surface area contributed by atoms with Crippen molar-refractivity contribution in [3.8, 4) is 22.5 Å². The maximum Gasteiger partial charge on any atom is 0.180 e. The molecule has 0 fully saturated rings. The number of aromatic amines is 1. The van der Waals surface area contributed by atoms with Crippen molar-refractivity contribution in [3.63, 3.8) is 0 Å². The average Bonchev–Trinajstić information content (AvgIpc) is 3.68. The van der Waals surface area contributed by atoms with Gasteiger partial charge in [-0.15, -0.1) is 5.10 Å². The fourth-order valence-corrected chi connectivity index (χ4v) is 5.21. The van der Waals surface area contributed by atoms with E-state index >= 15 is 0 Å². The standard InChI is InChI=1S/C32H36N6O2/c1-5-22(2)31-33-26(19-29(32(39-3)40-4)24-11-7-6-8-12-24)21-38(31)20-23-15-17-25(18-16-23)27-13-9-10-14-28(27)30-34-36-37-35-30/h6-18,21-22,29,32H,5,19-20H2,1-4H3,(H,34,35,36,37). The van der Waals surface area contributed by atoms with Crippen LogP contribution in [0.3, 0.4) is 0 Å². The van der Waals surface area contributed by atoms with E-state index in [1.165, 1.54) is 11.1 Å². The maximum absolute atomic E-state index is 5.70. The molecule has 0 amide bonds. The number of nitrogens with zero attached hydrogens (tertiary/aromatic N) is 5. The summed E-state index contributed by atoms with van der Waals surface area (Å²) in [6.07, 6.45) is 3.57. The van der Waals surface area contributed by atoms with Crippen LogP contribution in [0.5, 0.6) is 0 Å². The third kappa shape index (κ3) is 6.03. The van der Waals surface area contributed by atoms with E-state index < -0.39 is 0 Å². The molecule has 0 saturated carbocycles. The van der Waals surface area contributed by atoms with Gasteiger partial charge in [-0.1, -0.05) is 92.7 Å². The number of hydrogen-bond acceptors (Lipinski definition) is 6. The molecular formula is C32H36N6O2. The molecule has 0 bridgehead atoms. The Hall–Kier alpha value is -4.14. The minimum Gasteiger partial charge on any atom is -0.355 e. The quantitative estimate of drug-likeness (QED) is 0.190. The molecule has 0 radical (unpaired) electrons. The number of aromatic nitrogens is 6. The number of hydrogen-bond donors (Lipinski definition) is 1. The molecule has 0 aliphatic heterocycles. The Balaban J connectivity index is 1.41. The van der Waals surface area contributed by atoms with Gasteiger partial charge in [-0.25, -0.2) is 10.1 Å². The largest absolute Gasteiger partial charge is 0.355 e. The van der Waals surface area contributed by atoms with Crippen LogP contribution in [0.25, 0.3) is 22.5 Å². The monoisotopic (exact) mass is 536 g/mol. The minimum atomic E-state index is -0.359. The second-order valence-electron chi connectivity index (χ2n) is 10.1. The van der Waals surface area contributed by atoms with Crippen molar-refractivity contribution >= 4 is 0 Å². The molecule has 2 unspecified atom stereocenters. The first-order valence-corrected chi connectivity index (χ1v) is 13.7. The number of tetrazole rings is 1. The first kappa shape index (κ1) is 27.4. The van der Waals surface area contributed by atoms with E-state index in [0.717, 1.165) is 47.6 Å². The van der Waals surface area contributed by atoms with Crippen LogP contribution in [-0.4, -0.2) is 50.7 Å². The van der Waals surface area contributed by atoms with Crippen molar-refractivity contribution in [1.82, 2.24) is 30.2 Å². The predicted molar refractivity (Wildman–Crippen MR) is 156 cm³/mol. The van der Waals surface area contributed by atoms with E-state index in [4.69, 9.17) is 14.5 Å². The molecule has 5 rings (SSSR count). The van der Waals surface area contributed by atoms with E-state index in [1.54, 1.807) is 14.2 Å². The lowest BCUT2D eigenvalue weighted by Crippen LogP contribution is -2.25. The van der Waals surface area contributed by atoms with E-state index in [9.17, 15) is 0 Å². The van der Waals surface area contributed by atoms with Gasteiger partial charge in [0.15, 0.2) is 12.1 Å². The van der Waals surface area contributed by atoms with Crippen LogP contribution in [0, 0.1) is 0 Å². The third-order valence-electron chi connectivity index (χ3n) is 7.51. The molecule has 3 aromatic carbocycles. The number of ether oxygens (including phenoxy) is 2. The Labute approximate surface area is 235 Å². The first-order chi connectivity index (χ1) is 19.6. The van der Waals surface area contributed by atoms with Crippen molar-refractivity contribution in [2.75, 3.05) is 14.2 Å². The number of benzene rings is 3. The van der Waals surface area contributed by atoms with E-state index in [2.05, 4.69) is 99.8 Å². The van der Waals surface area contributed by atoms with Gasteiger partial charge in [0.05, 0.1) is 5.69 Å². The van der Waals surface area contributed by atoms with Crippen molar-refractivity contribution in [1.29, 1.82) is 0 Å². The highest BCUT2D eigenvalue weighted by molar-refractivity contribution is 5.80. The van der Waals surface area contributed by atoms with Crippen LogP contribution >= 0.6 is 0 Å². The van der Waals surface area contributed by atoms with Gasteiger partial charge in [-0.2, -0.15) is 0 Å². The van der Waals surface area contributed by atoms with Crippen LogP contribution in [0.15, 0.2) is 85.1 Å². The Bertz CT molecular complexity index is 1480. The predicted octanol–water partition coefficient (Wildman–Crippen LogP) is 6.24. The lowest BCUT2D eigenvalue weighted by molar-refractivity contribution is -0.118. The molecule has 1 N–H and O–H groups in total. The Kier molecular flexibility index (Phi) is 8.78. The molecule has 0 aliphatic carbocycles. The summed E-state index contributed by atoms with van der Waals surface area (Å²) in [5.41, 5.74) is 6.58. The van der Waals surface area contributed by atoms with Crippen molar-refractivity contribution < 1.29 is 9.47 Å². The van der Waals surface area contributed by atoms with Gasteiger partial charge in [0.25, 0.3) is 0 Å². The number of rotatable bonds is 12. The average molecular weight is 537 g/mol. The number of nitrogens with one attached hydrogen (secondary N) is 1. The van der Waals surface area contributed by atoms with E-state index in [0.29, 0.717) is 11.7 Å². The van der Waals surface area contributed by atoms with Gasteiger partial charge in [0.1, 0.15) is 5.82 Å². The third-order valence-corrected chi connectivity index (χ3v) is 7.51. The summed E-state index contributed by atoms with van der Waals surface area (Å²) >= 11 is 0. The van der Waals surface area contributed by atoms with Gasteiger partial charge in [-0.05, 0) is 39.1 Å². The summed E-state index contributed by atoms with van der Waals surface area (Å²) in [6, 6.07) is 27.2. The van der Waals surface area contributed by atoms with Crippen LogP contribution in [0.1, 0.15) is 54.7 Å². The Morgan fingerprint density at radius 1 is 0.875 bits per heavy atom. The van der Waals surface area contributed by atoms with Gasteiger partial charge in [0, 0.05) is 50.8 Å². The van der Waals surface area contributed by atoms with Crippen molar-refractivity contribution in [2.45, 2.75) is 51.4 Å². The SMILES string of the molecule is CCC(C)c1nc(CC(c2ccccc2)C(OC)OC)cn1Cc1ccc(-c2ccccc2-c2nnn[nH]2)cc1. The second-order valence-corrected chi connectivity index (χ2v) is 10.1. The molecule has 2 aromatic heterocycles. The van der Waals surface area contributed by atoms with Crippen molar-refractivity contribution in [3.05, 3.63) is 108 Å². The maximum atomic E-state index is 5.70. The highest BCUT2D eigenvalue weighted by atomic mass is 16.7. The summed E-state index contributed by atoms with van der Waals surface area (Å²) in [5.74, 6) is 2.12. The smallest absolute Gasteiger partial charge is 0.180 e. The van der Waals surface area contributed by atoms with Crippen LogP contribution in [0.2, 0.25) is 0 Å². The Morgan fingerprint density at radius 2 is 1.57 bits per heavy atom. The minimum absolute atomic E-state index is 0.0308. The molecule has 40 heavy (non-hydrogen) atoms. The van der Waals surface area contributed by atoms with Gasteiger partial charge in [-0.3, -0.25) is 0 Å². The fraction of sp³-hybridized carbons (Fsp3) is 0.312. The first-order valence-electron chi connectivity index (χ1n) is 13.7. The Morgan fingerprint density at radius 3 is 2.23 bits per heavy atom. The molecular weight excluding hydrogens is 500 g/mol. The normalized spacial score (nSPS) is 13.0. The molecule has 8 nitrogen and oxygen atoms in total. The van der Waals surface area contributed by atoms with Crippen LogP contribution in [0.4, 0.5) is 0 Å². The zero-order valence-electron chi connectivity index (χ0n) is 23.5. The van der Waals surface area contributed by atoms with Crippen LogP contribution < -0.4 is 0 Å². The molecule has 8 heteroatoms. The van der Waals surface area contributed by atoms with E-state index in [1.807, 2.05) is 24.3 Å². The van der Waals surface area contributed by atoms with Crippen LogP contribution in [-0.2, 0) is 22.4 Å². The topological polar surface area (TPSA) is 90.7 Å². The molecule has 2 heterocycles. The van der Waals surface area contributed by atoms with Crippen molar-refractivity contribution in [2.24, 2.45) is 0 Å². The molecule has 2 atom stereocenters. The fourth-order valence-electron chi connectivity index (χ4n) is 5.21. The van der Waals surface area contributed by atoms with E-state index in [-0.39, 0.29) is 12.2 Å². The van der Waals surface area contributed by atoms with Gasteiger partial charge < -0.3 is 14.0 Å².